The summed E-state index contributed by atoms with van der Waals surface area (Å²) in [5.41, 5.74) is 9.08. The molecule has 1 heterocycles. The third kappa shape index (κ3) is 4.47. The van der Waals surface area contributed by atoms with Crippen LogP contribution in [0, 0.1) is 6.92 Å². The van der Waals surface area contributed by atoms with Gasteiger partial charge in [-0.2, -0.15) is 4.98 Å². The molecule has 0 aliphatic heterocycles. The molecule has 0 radical (unpaired) electrons. The van der Waals surface area contributed by atoms with Gasteiger partial charge in [0.1, 0.15) is 0 Å². The molecule has 0 bridgehead atoms. The minimum atomic E-state index is 0. The van der Waals surface area contributed by atoms with Crippen molar-refractivity contribution in [2.75, 3.05) is 5.73 Å². The average molecular weight is 351 g/mol. The monoisotopic (exact) mass is 350 g/mol. The Balaban J connectivity index is 0.00000208. The van der Waals surface area contributed by atoms with E-state index in [1.807, 2.05) is 18.2 Å². The zero-order chi connectivity index (χ0) is 16.2. The number of anilines is 1. The van der Waals surface area contributed by atoms with Gasteiger partial charge in [-0.25, -0.2) is 0 Å². The third-order valence-electron chi connectivity index (χ3n) is 4.18. The number of nitrogens with zero attached hydrogens (tertiary/aromatic N) is 2. The second-order valence-electron chi connectivity index (χ2n) is 6.06. The summed E-state index contributed by atoms with van der Waals surface area (Å²) < 4.78 is 5.05. The molecule has 24 heavy (non-hydrogen) atoms. The molecular weight excluding hydrogens is 328 g/mol. The van der Waals surface area contributed by atoms with Crippen LogP contribution in [0.2, 0.25) is 0 Å². The van der Waals surface area contributed by atoms with Crippen LogP contribution in [-0.2, 0) is 17.6 Å². The van der Waals surface area contributed by atoms with Gasteiger partial charge in [-0.05, 0) is 55.9 Å². The lowest BCUT2D eigenvalue weighted by Gasteiger charge is -2.26. The number of carbonyl (C=O) groups excluding carboxylic acids is 1. The van der Waals surface area contributed by atoms with Gasteiger partial charge in [-0.3, -0.25) is 4.79 Å². The Bertz CT molecular complexity index is 702. The van der Waals surface area contributed by atoms with Crippen molar-refractivity contribution < 1.29 is 9.32 Å². The average Bonchev–Trinajstić information content (AvgIpc) is 2.92. The Morgan fingerprint density at radius 1 is 1.46 bits per heavy atom. The molecule has 1 aliphatic carbocycles. The normalized spacial score (nSPS) is 16.1. The summed E-state index contributed by atoms with van der Waals surface area (Å²) in [6.45, 7) is 1.78. The van der Waals surface area contributed by atoms with E-state index >= 15 is 0 Å². The van der Waals surface area contributed by atoms with Crippen LogP contribution < -0.4 is 11.1 Å². The van der Waals surface area contributed by atoms with E-state index in [9.17, 15) is 4.79 Å². The Morgan fingerprint density at radius 3 is 3.04 bits per heavy atom. The number of nitrogens with two attached hydrogens (primary N) is 1. The summed E-state index contributed by atoms with van der Waals surface area (Å²) in [6, 6.07) is 6.06. The van der Waals surface area contributed by atoms with Crippen molar-refractivity contribution in [3.05, 3.63) is 41.0 Å². The van der Waals surface area contributed by atoms with Crippen LogP contribution >= 0.6 is 12.4 Å². The second-order valence-corrected chi connectivity index (χ2v) is 6.06. The minimum absolute atomic E-state index is 0. The zero-order valence-electron chi connectivity index (χ0n) is 13.7. The van der Waals surface area contributed by atoms with Crippen LogP contribution in [0.3, 0.4) is 0 Å². The fourth-order valence-electron chi connectivity index (χ4n) is 3.09. The first-order valence-corrected chi connectivity index (χ1v) is 8.08. The van der Waals surface area contributed by atoms with Crippen LogP contribution in [0.1, 0.15) is 54.6 Å². The molecule has 1 aromatic carbocycles. The highest BCUT2D eigenvalue weighted by atomic mass is 35.5. The van der Waals surface area contributed by atoms with Crippen molar-refractivity contribution in [2.24, 2.45) is 0 Å². The molecule has 2 aromatic rings. The number of rotatable bonds is 5. The minimum Gasteiger partial charge on any atom is -0.399 e. The predicted octanol–water partition coefficient (Wildman–Crippen LogP) is 2.90. The highest BCUT2D eigenvalue weighted by molar-refractivity contribution is 5.85. The molecule has 1 aromatic heterocycles. The fraction of sp³-hybridized carbons (Fsp3) is 0.471. The number of hydrogen-bond acceptors (Lipinski definition) is 5. The first-order valence-electron chi connectivity index (χ1n) is 8.08. The van der Waals surface area contributed by atoms with Crippen LogP contribution in [0.25, 0.3) is 0 Å². The van der Waals surface area contributed by atoms with Crippen LogP contribution in [-0.4, -0.2) is 16.0 Å². The fourth-order valence-corrected chi connectivity index (χ4v) is 3.09. The molecule has 6 nitrogen and oxygen atoms in total. The third-order valence-corrected chi connectivity index (χ3v) is 4.18. The van der Waals surface area contributed by atoms with Gasteiger partial charge in [-0.15, -0.1) is 12.4 Å². The van der Waals surface area contributed by atoms with E-state index in [-0.39, 0.29) is 24.4 Å². The highest BCUT2D eigenvalue weighted by Crippen LogP contribution is 2.31. The molecule has 3 rings (SSSR count). The molecule has 1 atom stereocenters. The van der Waals surface area contributed by atoms with E-state index in [0.717, 1.165) is 24.9 Å². The molecule has 7 heteroatoms. The van der Waals surface area contributed by atoms with Gasteiger partial charge in [0, 0.05) is 18.5 Å². The highest BCUT2D eigenvalue weighted by Gasteiger charge is 2.21. The molecule has 1 aliphatic rings. The van der Waals surface area contributed by atoms with Crippen molar-refractivity contribution in [1.82, 2.24) is 15.5 Å². The summed E-state index contributed by atoms with van der Waals surface area (Å²) in [4.78, 5) is 16.3. The lowest BCUT2D eigenvalue weighted by Crippen LogP contribution is -2.30. The lowest BCUT2D eigenvalue weighted by molar-refractivity contribution is -0.122. The van der Waals surface area contributed by atoms with Crippen molar-refractivity contribution in [2.45, 2.75) is 51.5 Å². The van der Waals surface area contributed by atoms with Crippen molar-refractivity contribution >= 4 is 24.0 Å². The Labute approximate surface area is 147 Å². The standard InChI is InChI=1S/C17H22N4O2.ClH/c1-11-19-17(23-21-11)7-3-6-16(22)20-15-5-2-4-12-10-13(18)8-9-14(12)15;/h8-10,15H,2-7,18H2,1H3,(H,20,22);1H. The summed E-state index contributed by atoms with van der Waals surface area (Å²) in [5.74, 6) is 1.28. The van der Waals surface area contributed by atoms with Gasteiger partial charge in [0.15, 0.2) is 5.82 Å². The number of aryl methyl sites for hydroxylation is 3. The summed E-state index contributed by atoms with van der Waals surface area (Å²) >= 11 is 0. The van der Waals surface area contributed by atoms with Crippen LogP contribution in [0.4, 0.5) is 5.69 Å². The van der Waals surface area contributed by atoms with E-state index in [0.29, 0.717) is 31.0 Å². The first-order chi connectivity index (χ1) is 11.1. The van der Waals surface area contributed by atoms with Gasteiger partial charge >= 0.3 is 0 Å². The van der Waals surface area contributed by atoms with E-state index in [1.54, 1.807) is 6.92 Å². The van der Waals surface area contributed by atoms with E-state index < -0.39 is 0 Å². The summed E-state index contributed by atoms with van der Waals surface area (Å²) in [5, 5.41) is 6.88. The molecule has 1 unspecified atom stereocenters. The number of aromatic nitrogens is 2. The molecule has 130 valence electrons. The van der Waals surface area contributed by atoms with Gasteiger partial charge in [-0.1, -0.05) is 11.2 Å². The molecule has 1 amide bonds. The van der Waals surface area contributed by atoms with E-state index in [4.69, 9.17) is 10.3 Å². The van der Waals surface area contributed by atoms with Gasteiger partial charge in [0.05, 0.1) is 6.04 Å². The van der Waals surface area contributed by atoms with Gasteiger partial charge in [0.2, 0.25) is 11.8 Å². The summed E-state index contributed by atoms with van der Waals surface area (Å²) in [6.07, 6.45) is 4.88. The quantitative estimate of drug-likeness (QED) is 0.808. The molecule has 3 N–H and O–H groups in total. The van der Waals surface area contributed by atoms with E-state index in [2.05, 4.69) is 15.5 Å². The molecule has 0 saturated heterocycles. The second kappa shape index (κ2) is 8.15. The number of amides is 1. The van der Waals surface area contributed by atoms with Crippen LogP contribution in [0.15, 0.2) is 22.7 Å². The topological polar surface area (TPSA) is 94.0 Å². The predicted molar refractivity (Wildman–Crippen MR) is 93.9 cm³/mol. The number of carbonyl (C=O) groups is 1. The SMILES string of the molecule is Cc1noc(CCCC(=O)NC2CCCc3cc(N)ccc32)n1.Cl. The van der Waals surface area contributed by atoms with Crippen LogP contribution in [0.5, 0.6) is 0 Å². The van der Waals surface area contributed by atoms with Crippen molar-refractivity contribution in [1.29, 1.82) is 0 Å². The maximum atomic E-state index is 12.2. The Kier molecular flexibility index (Phi) is 6.20. The number of nitrogens with one attached hydrogen (secondary N) is 1. The smallest absolute Gasteiger partial charge is 0.226 e. The maximum Gasteiger partial charge on any atom is 0.226 e. The Morgan fingerprint density at radius 2 is 2.29 bits per heavy atom. The number of halogens is 1. The van der Waals surface area contributed by atoms with Gasteiger partial charge < -0.3 is 15.6 Å². The van der Waals surface area contributed by atoms with E-state index in [1.165, 1.54) is 11.1 Å². The lowest BCUT2D eigenvalue weighted by atomic mass is 9.87. The number of benzene rings is 1. The maximum absolute atomic E-state index is 12.2. The Hall–Kier alpha value is -2.08. The number of fused-ring (bicyclic) bond motifs is 1. The molecule has 0 fully saturated rings. The largest absolute Gasteiger partial charge is 0.399 e. The van der Waals surface area contributed by atoms with Crippen molar-refractivity contribution in [3.63, 3.8) is 0 Å². The summed E-state index contributed by atoms with van der Waals surface area (Å²) in [7, 11) is 0. The first kappa shape index (κ1) is 18.3. The molecule has 0 saturated carbocycles. The number of hydrogen-bond donors (Lipinski definition) is 2. The molecular formula is C17H23ClN4O2. The van der Waals surface area contributed by atoms with Crippen molar-refractivity contribution in [3.8, 4) is 0 Å². The number of nitrogen functional groups attached to an aromatic ring is 1. The molecule has 0 spiro atoms. The van der Waals surface area contributed by atoms with Gasteiger partial charge in [0.25, 0.3) is 0 Å². The zero-order valence-corrected chi connectivity index (χ0v) is 14.6.